The van der Waals surface area contributed by atoms with E-state index in [1.54, 1.807) is 6.08 Å². The molecule has 0 aliphatic heterocycles. The molecule has 1 aliphatic carbocycles. The van der Waals surface area contributed by atoms with E-state index in [1.807, 2.05) is 31.2 Å². The number of carbonyl (C=O) groups excluding carboxylic acids is 2. The first kappa shape index (κ1) is 20.7. The van der Waals surface area contributed by atoms with Gasteiger partial charge >= 0.3 is 11.9 Å². The average Bonchev–Trinajstić information content (AvgIpc) is 2.63. The van der Waals surface area contributed by atoms with Crippen LogP contribution in [0.5, 0.6) is 0 Å². The molecule has 0 unspecified atom stereocenters. The third kappa shape index (κ3) is 10.2. The van der Waals surface area contributed by atoms with E-state index in [2.05, 4.69) is 18.7 Å². The number of rotatable bonds is 11. The van der Waals surface area contributed by atoms with Crippen LogP contribution in [-0.4, -0.2) is 25.2 Å². The fourth-order valence-electron chi connectivity index (χ4n) is 2.13. The van der Waals surface area contributed by atoms with Crippen molar-refractivity contribution in [3.05, 3.63) is 60.3 Å². The predicted octanol–water partition coefficient (Wildman–Crippen LogP) is 4.60. The van der Waals surface area contributed by atoms with E-state index < -0.39 is 0 Å². The Bertz CT molecular complexity index is 564. The zero-order valence-corrected chi connectivity index (χ0v) is 15.0. The number of ether oxygens (including phenoxy) is 2. The first-order valence-electron chi connectivity index (χ1n) is 8.80. The van der Waals surface area contributed by atoms with E-state index in [0.717, 1.165) is 30.4 Å². The molecule has 0 aromatic rings. The molecule has 4 nitrogen and oxygen atoms in total. The molecule has 1 rings (SSSR count). The monoisotopic (exact) mass is 344 g/mol. The maximum Gasteiger partial charge on any atom is 0.306 e. The molecule has 1 aliphatic rings. The summed E-state index contributed by atoms with van der Waals surface area (Å²) in [6.45, 7) is 6.25. The maximum atomic E-state index is 11.7. The summed E-state index contributed by atoms with van der Waals surface area (Å²) in [5.74, 6) is -0.609. The highest BCUT2D eigenvalue weighted by Crippen LogP contribution is 2.10. The molecule has 0 bridgehead atoms. The summed E-state index contributed by atoms with van der Waals surface area (Å²) in [6, 6.07) is 0. The second kappa shape index (κ2) is 13.0. The van der Waals surface area contributed by atoms with Crippen molar-refractivity contribution in [3.63, 3.8) is 0 Å². The molecule has 25 heavy (non-hydrogen) atoms. The summed E-state index contributed by atoms with van der Waals surface area (Å²) in [5.41, 5.74) is 1.87. The molecule has 0 heterocycles. The van der Waals surface area contributed by atoms with Crippen molar-refractivity contribution < 1.29 is 19.1 Å². The molecular formula is C21H28O4. The molecule has 0 aromatic heterocycles. The quantitative estimate of drug-likeness (QED) is 0.406. The molecule has 4 heteroatoms. The lowest BCUT2D eigenvalue weighted by Gasteiger charge is -2.08. The van der Waals surface area contributed by atoms with Gasteiger partial charge in [-0.05, 0) is 36.8 Å². The summed E-state index contributed by atoms with van der Waals surface area (Å²) >= 11 is 0. The Kier molecular flexibility index (Phi) is 10.7. The third-order valence-corrected chi connectivity index (χ3v) is 3.58. The van der Waals surface area contributed by atoms with E-state index >= 15 is 0 Å². The molecule has 136 valence electrons. The van der Waals surface area contributed by atoms with Crippen LogP contribution < -0.4 is 0 Å². The van der Waals surface area contributed by atoms with Crippen LogP contribution in [-0.2, 0) is 19.1 Å². The number of carbonyl (C=O) groups is 2. The largest absolute Gasteiger partial charge is 0.461 e. The Morgan fingerprint density at radius 3 is 2.60 bits per heavy atom. The molecule has 0 fully saturated rings. The van der Waals surface area contributed by atoms with Crippen LogP contribution in [0, 0.1) is 0 Å². The molecule has 0 spiro atoms. The molecule has 0 N–H and O–H groups in total. The van der Waals surface area contributed by atoms with Crippen molar-refractivity contribution in [2.75, 3.05) is 13.2 Å². The highest BCUT2D eigenvalue weighted by molar-refractivity contribution is 5.72. The van der Waals surface area contributed by atoms with Gasteiger partial charge in [0.25, 0.3) is 0 Å². The minimum atomic E-state index is -0.321. The zero-order chi connectivity index (χ0) is 18.3. The minimum absolute atomic E-state index is 0.196. The molecule has 0 amide bonds. The van der Waals surface area contributed by atoms with Gasteiger partial charge in [0.05, 0.1) is 0 Å². The Hall–Kier alpha value is -2.36. The highest BCUT2D eigenvalue weighted by Gasteiger charge is 2.08. The lowest BCUT2D eigenvalue weighted by Crippen LogP contribution is -2.10. The van der Waals surface area contributed by atoms with E-state index in [-0.39, 0.29) is 31.4 Å². The van der Waals surface area contributed by atoms with Crippen molar-refractivity contribution in [2.45, 2.75) is 45.4 Å². The summed E-state index contributed by atoms with van der Waals surface area (Å²) in [4.78, 5) is 23.4. The van der Waals surface area contributed by atoms with Gasteiger partial charge in [0.15, 0.2) is 0 Å². The van der Waals surface area contributed by atoms with E-state index in [4.69, 9.17) is 9.47 Å². The van der Waals surface area contributed by atoms with E-state index in [0.29, 0.717) is 13.0 Å². The van der Waals surface area contributed by atoms with Crippen LogP contribution in [0.15, 0.2) is 60.3 Å². The van der Waals surface area contributed by atoms with Crippen LogP contribution in [0.1, 0.15) is 45.4 Å². The molecule has 0 saturated carbocycles. The van der Waals surface area contributed by atoms with Crippen molar-refractivity contribution in [3.8, 4) is 0 Å². The van der Waals surface area contributed by atoms with Gasteiger partial charge in [-0.15, -0.1) is 0 Å². The lowest BCUT2D eigenvalue weighted by atomic mass is 10.1. The van der Waals surface area contributed by atoms with Crippen LogP contribution in [0.3, 0.4) is 0 Å². The summed E-state index contributed by atoms with van der Waals surface area (Å²) in [6.07, 6.45) is 17.4. The van der Waals surface area contributed by atoms with Gasteiger partial charge in [-0.25, -0.2) is 0 Å². The second-order valence-corrected chi connectivity index (χ2v) is 5.72. The Morgan fingerprint density at radius 2 is 1.96 bits per heavy atom. The topological polar surface area (TPSA) is 52.6 Å². The van der Waals surface area contributed by atoms with Crippen molar-refractivity contribution in [1.29, 1.82) is 0 Å². The van der Waals surface area contributed by atoms with Crippen LogP contribution in [0.25, 0.3) is 0 Å². The number of esters is 2. The van der Waals surface area contributed by atoms with Crippen LogP contribution in [0.4, 0.5) is 0 Å². The normalized spacial score (nSPS) is 14.3. The molecule has 0 saturated heterocycles. The zero-order valence-electron chi connectivity index (χ0n) is 15.0. The second-order valence-electron chi connectivity index (χ2n) is 5.72. The van der Waals surface area contributed by atoms with Gasteiger partial charge in [0, 0.05) is 12.8 Å². The summed E-state index contributed by atoms with van der Waals surface area (Å²) < 4.78 is 10.4. The Balaban J connectivity index is 2.16. The van der Waals surface area contributed by atoms with Gasteiger partial charge in [-0.1, -0.05) is 56.0 Å². The van der Waals surface area contributed by atoms with Gasteiger partial charge in [-0.3, -0.25) is 9.59 Å². The average molecular weight is 344 g/mol. The van der Waals surface area contributed by atoms with Crippen molar-refractivity contribution in [2.24, 2.45) is 0 Å². The minimum Gasteiger partial charge on any atom is -0.461 e. The van der Waals surface area contributed by atoms with Crippen molar-refractivity contribution in [1.82, 2.24) is 0 Å². The molecule has 0 aromatic carbocycles. The molecule has 0 atom stereocenters. The number of allylic oxidation sites excluding steroid dienone is 5. The summed E-state index contributed by atoms with van der Waals surface area (Å²) in [5, 5.41) is 0. The lowest BCUT2D eigenvalue weighted by molar-refractivity contribution is -0.144. The number of hydrogen-bond acceptors (Lipinski definition) is 4. The van der Waals surface area contributed by atoms with Gasteiger partial charge < -0.3 is 9.47 Å². The standard InChI is InChI=1S/C21H28O4/c1-3-5-7-11-18(4-2)16-24-20(22)14-10-15-21(23)25-17-19-12-8-6-9-13-19/h4-5,7-8,11-13H,2-3,6,9-10,14-17H2,1H3/b7-5-,18-11+. The SMILES string of the molecule is C=C/C(=C\C=C/CC)COC(=O)CCCC(=O)OCC1=CCCC=C1. The summed E-state index contributed by atoms with van der Waals surface area (Å²) in [7, 11) is 0. The predicted molar refractivity (Wildman–Crippen MR) is 99.9 cm³/mol. The molecule has 0 radical (unpaired) electrons. The smallest absolute Gasteiger partial charge is 0.306 e. The first-order chi connectivity index (χ1) is 12.2. The molecular weight excluding hydrogens is 316 g/mol. The third-order valence-electron chi connectivity index (χ3n) is 3.58. The Morgan fingerprint density at radius 1 is 1.20 bits per heavy atom. The first-order valence-corrected chi connectivity index (χ1v) is 8.80. The van der Waals surface area contributed by atoms with E-state index in [9.17, 15) is 9.59 Å². The number of hydrogen-bond donors (Lipinski definition) is 0. The fraction of sp³-hybridized carbons (Fsp3) is 0.429. The van der Waals surface area contributed by atoms with Gasteiger partial charge in [0.1, 0.15) is 13.2 Å². The van der Waals surface area contributed by atoms with Crippen LogP contribution >= 0.6 is 0 Å². The van der Waals surface area contributed by atoms with Crippen LogP contribution in [0.2, 0.25) is 0 Å². The van der Waals surface area contributed by atoms with E-state index in [1.165, 1.54) is 0 Å². The van der Waals surface area contributed by atoms with Gasteiger partial charge in [0.2, 0.25) is 0 Å². The maximum absolute atomic E-state index is 11.7. The Labute approximate surface area is 150 Å². The highest BCUT2D eigenvalue weighted by atomic mass is 16.5. The fourth-order valence-corrected chi connectivity index (χ4v) is 2.13. The van der Waals surface area contributed by atoms with Crippen molar-refractivity contribution >= 4 is 11.9 Å². The van der Waals surface area contributed by atoms with Gasteiger partial charge in [-0.2, -0.15) is 0 Å².